The summed E-state index contributed by atoms with van der Waals surface area (Å²) in [7, 11) is 5.83. The fraction of sp³-hybridized carbons (Fsp3) is 0.429. The van der Waals surface area contributed by atoms with Gasteiger partial charge in [0.15, 0.2) is 0 Å². The Bertz CT molecular complexity index is 665. The third kappa shape index (κ3) is 3.70. The van der Waals surface area contributed by atoms with E-state index in [9.17, 15) is 0 Å². The van der Waals surface area contributed by atoms with Gasteiger partial charge in [-0.05, 0) is 90.7 Å². The van der Waals surface area contributed by atoms with E-state index in [1.807, 2.05) is 0 Å². The molecule has 3 rings (SSSR count). The van der Waals surface area contributed by atoms with Crippen LogP contribution in [-0.2, 0) is 6.16 Å². The minimum absolute atomic E-state index is 0.767. The molecule has 0 aromatic heterocycles. The van der Waals surface area contributed by atoms with Crippen LogP contribution in [0.2, 0.25) is 0 Å². The summed E-state index contributed by atoms with van der Waals surface area (Å²) < 4.78 is 0. The minimum Gasteiger partial charge on any atom is -0.134 e. The first kappa shape index (κ1) is 17.1. The molecule has 2 atom stereocenters. The lowest BCUT2D eigenvalue weighted by Crippen LogP contribution is -2.12. The minimum atomic E-state index is 0.767. The van der Waals surface area contributed by atoms with Crippen LogP contribution in [0.3, 0.4) is 0 Å². The van der Waals surface area contributed by atoms with E-state index in [0.29, 0.717) is 0 Å². The van der Waals surface area contributed by atoms with Gasteiger partial charge < -0.3 is 0 Å². The molecule has 0 saturated heterocycles. The summed E-state index contributed by atoms with van der Waals surface area (Å²) >= 11 is 0. The largest absolute Gasteiger partial charge is 0.134 e. The molecule has 2 aromatic carbocycles. The molecule has 2 aromatic rings. The van der Waals surface area contributed by atoms with E-state index in [0.717, 1.165) is 17.7 Å². The molecular formula is C21H28P2. The van der Waals surface area contributed by atoms with Crippen LogP contribution in [-0.4, -0.2) is 5.66 Å². The fourth-order valence-electron chi connectivity index (χ4n) is 3.80. The molecule has 1 saturated carbocycles. The zero-order valence-electron chi connectivity index (χ0n) is 14.3. The summed E-state index contributed by atoms with van der Waals surface area (Å²) in [6.45, 7) is 4.50. The zero-order chi connectivity index (χ0) is 16.4. The summed E-state index contributed by atoms with van der Waals surface area (Å²) in [5.41, 5.74) is 9.38. The normalized spacial score (nSPS) is 21.4. The van der Waals surface area contributed by atoms with Crippen molar-refractivity contribution in [2.24, 2.45) is 0 Å². The van der Waals surface area contributed by atoms with Gasteiger partial charge in [-0.2, -0.15) is 0 Å². The Morgan fingerprint density at radius 1 is 0.870 bits per heavy atom. The number of hydrogen-bond acceptors (Lipinski definition) is 0. The lowest BCUT2D eigenvalue weighted by atomic mass is 9.83. The Balaban J connectivity index is 1.84. The van der Waals surface area contributed by atoms with Crippen LogP contribution >= 0.6 is 18.5 Å². The van der Waals surface area contributed by atoms with Crippen LogP contribution in [0.5, 0.6) is 0 Å². The highest BCUT2D eigenvalue weighted by Gasteiger charge is 2.19. The maximum Gasteiger partial charge on any atom is -0.0126 e. The van der Waals surface area contributed by atoms with Crippen LogP contribution in [0, 0.1) is 13.8 Å². The first-order valence-electron chi connectivity index (χ1n) is 8.75. The highest BCUT2D eigenvalue weighted by Crippen LogP contribution is 2.37. The number of rotatable bonds is 3. The van der Waals surface area contributed by atoms with Gasteiger partial charge in [0.2, 0.25) is 0 Å². The van der Waals surface area contributed by atoms with Crippen molar-refractivity contribution in [1.29, 1.82) is 0 Å². The van der Waals surface area contributed by atoms with E-state index in [4.69, 9.17) is 0 Å². The lowest BCUT2D eigenvalue weighted by Gasteiger charge is -2.26. The van der Waals surface area contributed by atoms with E-state index < -0.39 is 0 Å². The van der Waals surface area contributed by atoms with Gasteiger partial charge in [0.05, 0.1) is 0 Å². The molecule has 1 aliphatic rings. The van der Waals surface area contributed by atoms with Gasteiger partial charge in [-0.1, -0.05) is 36.4 Å². The zero-order valence-corrected chi connectivity index (χ0v) is 16.6. The van der Waals surface area contributed by atoms with Crippen molar-refractivity contribution in [3.63, 3.8) is 0 Å². The molecule has 2 unspecified atom stereocenters. The van der Waals surface area contributed by atoms with Crippen LogP contribution in [0.25, 0.3) is 11.1 Å². The molecule has 2 heteroatoms. The average Bonchev–Trinajstić information content (AvgIpc) is 2.58. The Morgan fingerprint density at radius 2 is 1.52 bits per heavy atom. The molecule has 122 valence electrons. The molecule has 0 heterocycles. The Morgan fingerprint density at radius 3 is 2.13 bits per heavy atom. The molecule has 1 fully saturated rings. The fourth-order valence-corrected chi connectivity index (χ4v) is 4.63. The predicted molar refractivity (Wildman–Crippen MR) is 109 cm³/mol. The third-order valence-corrected chi connectivity index (χ3v) is 6.69. The topological polar surface area (TPSA) is 0 Å². The van der Waals surface area contributed by atoms with Crippen molar-refractivity contribution in [2.45, 2.75) is 57.3 Å². The summed E-state index contributed by atoms with van der Waals surface area (Å²) in [6, 6.07) is 13.9. The van der Waals surface area contributed by atoms with E-state index in [2.05, 4.69) is 68.7 Å². The lowest BCUT2D eigenvalue weighted by molar-refractivity contribution is 0.453. The van der Waals surface area contributed by atoms with E-state index in [-0.39, 0.29) is 0 Å². The first-order valence-corrected chi connectivity index (χ1v) is 10.2. The predicted octanol–water partition coefficient (Wildman–Crippen LogP) is 6.25. The van der Waals surface area contributed by atoms with Crippen LogP contribution < -0.4 is 0 Å². The summed E-state index contributed by atoms with van der Waals surface area (Å²) in [4.78, 5) is 0. The van der Waals surface area contributed by atoms with E-state index in [1.165, 1.54) is 59.1 Å². The molecule has 0 spiro atoms. The highest BCUT2D eigenvalue weighted by atomic mass is 31.0. The van der Waals surface area contributed by atoms with Gasteiger partial charge >= 0.3 is 0 Å². The summed E-state index contributed by atoms with van der Waals surface area (Å²) in [6.07, 6.45) is 6.42. The molecular weight excluding hydrogens is 314 g/mol. The molecule has 0 N–H and O–H groups in total. The van der Waals surface area contributed by atoms with Crippen LogP contribution in [0.4, 0.5) is 0 Å². The van der Waals surface area contributed by atoms with Crippen molar-refractivity contribution in [1.82, 2.24) is 0 Å². The van der Waals surface area contributed by atoms with Crippen LogP contribution in [0.15, 0.2) is 36.4 Å². The van der Waals surface area contributed by atoms with E-state index >= 15 is 0 Å². The molecule has 0 radical (unpaired) electrons. The van der Waals surface area contributed by atoms with Crippen molar-refractivity contribution >= 4 is 18.5 Å². The quantitative estimate of drug-likeness (QED) is 0.579. The highest BCUT2D eigenvalue weighted by molar-refractivity contribution is 7.17. The van der Waals surface area contributed by atoms with Gasteiger partial charge in [0.1, 0.15) is 0 Å². The van der Waals surface area contributed by atoms with Crippen molar-refractivity contribution < 1.29 is 0 Å². The molecule has 1 aliphatic carbocycles. The van der Waals surface area contributed by atoms with Crippen molar-refractivity contribution in [2.75, 3.05) is 0 Å². The van der Waals surface area contributed by atoms with Gasteiger partial charge in [-0.25, -0.2) is 0 Å². The van der Waals surface area contributed by atoms with Crippen LogP contribution in [0.1, 0.15) is 53.9 Å². The van der Waals surface area contributed by atoms with Gasteiger partial charge in [-0.3, -0.25) is 0 Å². The van der Waals surface area contributed by atoms with Crippen molar-refractivity contribution in [3.05, 3.63) is 58.7 Å². The molecule has 0 aliphatic heterocycles. The Hall–Kier alpha value is -0.700. The summed E-state index contributed by atoms with van der Waals surface area (Å²) in [5, 5.41) is 0. The first-order chi connectivity index (χ1) is 11.1. The summed E-state index contributed by atoms with van der Waals surface area (Å²) in [5.74, 6) is 0.767. The third-order valence-electron chi connectivity index (χ3n) is 5.58. The Labute approximate surface area is 145 Å². The van der Waals surface area contributed by atoms with E-state index in [1.54, 1.807) is 0 Å². The SMILES string of the molecule is Cc1c(CP)ccc(-c2ccc(C3CCC(P)CC3)cc2)c1C. The van der Waals surface area contributed by atoms with Gasteiger partial charge in [0.25, 0.3) is 0 Å². The average molecular weight is 342 g/mol. The maximum absolute atomic E-state index is 3.00. The molecule has 0 amide bonds. The second kappa shape index (κ2) is 7.46. The molecule has 0 bridgehead atoms. The maximum atomic E-state index is 3.00. The molecule has 23 heavy (non-hydrogen) atoms. The monoisotopic (exact) mass is 342 g/mol. The number of hydrogen-bond donors (Lipinski definition) is 0. The second-order valence-electron chi connectivity index (χ2n) is 6.96. The standard InChI is InChI=1S/C21H28P2/c1-14-15(2)21(12-9-19(14)13-22)18-5-3-16(4-6-18)17-7-10-20(23)11-8-17/h3-6,9,12,17,20H,7-8,10-11,13,22-23H2,1-2H3. The smallest absolute Gasteiger partial charge is 0.0126 e. The van der Waals surface area contributed by atoms with Gasteiger partial charge in [0, 0.05) is 0 Å². The second-order valence-corrected chi connectivity index (χ2v) is 8.31. The van der Waals surface area contributed by atoms with Gasteiger partial charge in [-0.15, -0.1) is 18.5 Å². The Kier molecular flexibility index (Phi) is 5.56. The number of benzene rings is 2. The van der Waals surface area contributed by atoms with Crippen molar-refractivity contribution in [3.8, 4) is 11.1 Å². The molecule has 0 nitrogen and oxygen atoms in total.